The van der Waals surface area contributed by atoms with Crippen LogP contribution in [0.25, 0.3) is 0 Å². The van der Waals surface area contributed by atoms with Crippen LogP contribution >= 0.6 is 0 Å². The summed E-state index contributed by atoms with van der Waals surface area (Å²) in [5, 5.41) is 2.60. The van der Waals surface area contributed by atoms with Crippen LogP contribution in [0, 0.1) is 5.92 Å². The number of amides is 1. The van der Waals surface area contributed by atoms with Crippen molar-refractivity contribution in [2.45, 2.75) is 32.4 Å². The van der Waals surface area contributed by atoms with E-state index in [2.05, 4.69) is 10.1 Å². The normalized spacial score (nSPS) is 15.8. The van der Waals surface area contributed by atoms with Gasteiger partial charge in [-0.15, -0.1) is 0 Å². The maximum Gasteiger partial charge on any atom is 0.328 e. The van der Waals surface area contributed by atoms with Gasteiger partial charge in [0, 0.05) is 13.7 Å². The summed E-state index contributed by atoms with van der Waals surface area (Å²) < 4.78 is 9.56. The third-order valence-corrected chi connectivity index (χ3v) is 2.76. The second kappa shape index (κ2) is 8.03. The van der Waals surface area contributed by atoms with Crippen LogP contribution in [0.1, 0.15) is 20.3 Å². The molecule has 0 bridgehead atoms. The minimum absolute atomic E-state index is 0.0123. The van der Waals surface area contributed by atoms with E-state index in [0.717, 1.165) is 6.42 Å². The van der Waals surface area contributed by atoms with E-state index >= 15 is 0 Å². The lowest BCUT2D eigenvalue weighted by Gasteiger charge is -2.23. The molecular formula is C11H22N2O4. The number of nitrogens with two attached hydrogens (primary N) is 1. The van der Waals surface area contributed by atoms with Gasteiger partial charge in [0.2, 0.25) is 0 Å². The quantitative estimate of drug-likeness (QED) is 0.600. The number of hydrogen-bond donors (Lipinski definition) is 2. The topological polar surface area (TPSA) is 90.7 Å². The summed E-state index contributed by atoms with van der Waals surface area (Å²) in [7, 11) is 2.69. The van der Waals surface area contributed by atoms with Crippen molar-refractivity contribution in [2.24, 2.45) is 11.7 Å². The van der Waals surface area contributed by atoms with Crippen LogP contribution in [0.2, 0.25) is 0 Å². The van der Waals surface area contributed by atoms with E-state index in [9.17, 15) is 9.59 Å². The van der Waals surface area contributed by atoms with E-state index in [1.807, 2.05) is 13.8 Å². The van der Waals surface area contributed by atoms with Crippen molar-refractivity contribution < 1.29 is 19.1 Å². The van der Waals surface area contributed by atoms with Gasteiger partial charge in [-0.3, -0.25) is 4.79 Å². The van der Waals surface area contributed by atoms with Gasteiger partial charge in [-0.2, -0.15) is 0 Å². The van der Waals surface area contributed by atoms with E-state index in [4.69, 9.17) is 10.5 Å². The molecule has 0 fully saturated rings. The third-order valence-electron chi connectivity index (χ3n) is 2.76. The molecule has 6 nitrogen and oxygen atoms in total. The largest absolute Gasteiger partial charge is 0.467 e. The van der Waals surface area contributed by atoms with Crippen molar-refractivity contribution in [3.63, 3.8) is 0 Å². The SMILES string of the molecule is CCC(C)C(NC(=O)C(CN)OC)C(=O)OC. The first kappa shape index (κ1) is 15.9. The standard InChI is InChI=1S/C11H22N2O4/c1-5-7(2)9(11(15)17-4)13-10(14)8(6-12)16-3/h7-9H,5-6,12H2,1-4H3,(H,13,14). The lowest BCUT2D eigenvalue weighted by atomic mass is 9.99. The number of esters is 1. The molecule has 100 valence electrons. The van der Waals surface area contributed by atoms with E-state index < -0.39 is 24.0 Å². The molecule has 6 heteroatoms. The molecule has 0 aromatic heterocycles. The first-order valence-electron chi connectivity index (χ1n) is 5.62. The highest BCUT2D eigenvalue weighted by molar-refractivity contribution is 5.87. The van der Waals surface area contributed by atoms with Crippen LogP contribution in [0.5, 0.6) is 0 Å². The maximum atomic E-state index is 11.7. The van der Waals surface area contributed by atoms with Gasteiger partial charge in [0.05, 0.1) is 7.11 Å². The summed E-state index contributed by atoms with van der Waals surface area (Å²) >= 11 is 0. The van der Waals surface area contributed by atoms with Gasteiger partial charge < -0.3 is 20.5 Å². The van der Waals surface area contributed by atoms with Crippen LogP contribution in [-0.4, -0.2) is 44.8 Å². The second-order valence-corrected chi connectivity index (χ2v) is 3.85. The van der Waals surface area contributed by atoms with Crippen LogP contribution in [0.3, 0.4) is 0 Å². The smallest absolute Gasteiger partial charge is 0.328 e. The number of carbonyl (C=O) groups excluding carboxylic acids is 2. The molecule has 0 heterocycles. The highest BCUT2D eigenvalue weighted by Gasteiger charge is 2.29. The van der Waals surface area contributed by atoms with Gasteiger partial charge in [0.1, 0.15) is 12.1 Å². The van der Waals surface area contributed by atoms with Gasteiger partial charge in [0.25, 0.3) is 5.91 Å². The summed E-state index contributed by atoms with van der Waals surface area (Å²) in [6.45, 7) is 3.87. The number of hydrogen-bond acceptors (Lipinski definition) is 5. The summed E-state index contributed by atoms with van der Waals surface area (Å²) in [5.74, 6) is -0.869. The molecule has 0 aromatic rings. The Kier molecular flexibility index (Phi) is 7.49. The Morgan fingerprint density at radius 1 is 1.35 bits per heavy atom. The van der Waals surface area contributed by atoms with Crippen molar-refractivity contribution in [1.29, 1.82) is 0 Å². The number of carbonyl (C=O) groups is 2. The molecule has 0 aromatic carbocycles. The van der Waals surface area contributed by atoms with Gasteiger partial charge in [-0.1, -0.05) is 20.3 Å². The van der Waals surface area contributed by atoms with Gasteiger partial charge in [-0.25, -0.2) is 4.79 Å². The number of ether oxygens (including phenoxy) is 2. The first-order chi connectivity index (χ1) is 8.01. The summed E-state index contributed by atoms with van der Waals surface area (Å²) in [6.07, 6.45) is 0.00607. The lowest BCUT2D eigenvalue weighted by molar-refractivity contribution is -0.148. The fraction of sp³-hybridized carbons (Fsp3) is 0.818. The van der Waals surface area contributed by atoms with Gasteiger partial charge in [0.15, 0.2) is 0 Å². The van der Waals surface area contributed by atoms with E-state index in [-0.39, 0.29) is 12.5 Å². The molecule has 1 amide bonds. The summed E-state index contributed by atoms with van der Waals surface area (Å²) in [5.41, 5.74) is 5.38. The fourth-order valence-electron chi connectivity index (χ4n) is 1.35. The zero-order valence-electron chi connectivity index (χ0n) is 10.9. The van der Waals surface area contributed by atoms with E-state index in [1.165, 1.54) is 14.2 Å². The number of rotatable bonds is 7. The zero-order valence-corrected chi connectivity index (χ0v) is 10.9. The Morgan fingerprint density at radius 3 is 2.29 bits per heavy atom. The third kappa shape index (κ3) is 4.70. The molecule has 3 N–H and O–H groups in total. The van der Waals surface area contributed by atoms with Crippen LogP contribution < -0.4 is 11.1 Å². The lowest BCUT2D eigenvalue weighted by Crippen LogP contribution is -2.51. The van der Waals surface area contributed by atoms with E-state index in [1.54, 1.807) is 0 Å². The molecule has 0 aliphatic heterocycles. The molecule has 0 aliphatic rings. The summed E-state index contributed by atoms with van der Waals surface area (Å²) in [4.78, 5) is 23.3. The number of nitrogens with one attached hydrogen (secondary N) is 1. The molecule has 3 unspecified atom stereocenters. The summed E-state index contributed by atoms with van der Waals surface area (Å²) in [6, 6.07) is -0.665. The van der Waals surface area contributed by atoms with Crippen LogP contribution in [0.15, 0.2) is 0 Å². The van der Waals surface area contributed by atoms with Crippen molar-refractivity contribution in [3.05, 3.63) is 0 Å². The molecule has 0 aliphatic carbocycles. The minimum Gasteiger partial charge on any atom is -0.467 e. The average Bonchev–Trinajstić information content (AvgIpc) is 2.35. The molecule has 0 rings (SSSR count). The molecular weight excluding hydrogens is 224 g/mol. The predicted octanol–water partition coefficient (Wildman–Crippen LogP) is -0.336. The zero-order chi connectivity index (χ0) is 13.4. The van der Waals surface area contributed by atoms with Crippen molar-refractivity contribution >= 4 is 11.9 Å². The minimum atomic E-state index is -0.744. The highest BCUT2D eigenvalue weighted by Crippen LogP contribution is 2.09. The Labute approximate surface area is 102 Å². The monoisotopic (exact) mass is 246 g/mol. The average molecular weight is 246 g/mol. The van der Waals surface area contributed by atoms with Crippen LogP contribution in [0.4, 0.5) is 0 Å². The van der Waals surface area contributed by atoms with Gasteiger partial charge >= 0.3 is 5.97 Å². The number of methoxy groups -OCH3 is 2. The molecule has 17 heavy (non-hydrogen) atoms. The van der Waals surface area contributed by atoms with E-state index in [0.29, 0.717) is 0 Å². The highest BCUT2D eigenvalue weighted by atomic mass is 16.5. The Balaban J connectivity index is 4.63. The molecule has 0 spiro atoms. The van der Waals surface area contributed by atoms with Crippen molar-refractivity contribution in [2.75, 3.05) is 20.8 Å². The second-order valence-electron chi connectivity index (χ2n) is 3.85. The van der Waals surface area contributed by atoms with Crippen molar-refractivity contribution in [1.82, 2.24) is 5.32 Å². The van der Waals surface area contributed by atoms with Gasteiger partial charge in [-0.05, 0) is 5.92 Å². The predicted molar refractivity (Wildman–Crippen MR) is 63.3 cm³/mol. The van der Waals surface area contributed by atoms with Crippen LogP contribution in [-0.2, 0) is 19.1 Å². The molecule has 0 radical (unpaired) electrons. The molecule has 3 atom stereocenters. The molecule has 0 saturated carbocycles. The fourth-order valence-corrected chi connectivity index (χ4v) is 1.35. The Morgan fingerprint density at radius 2 is 1.94 bits per heavy atom. The van der Waals surface area contributed by atoms with Crippen molar-refractivity contribution in [3.8, 4) is 0 Å². The first-order valence-corrected chi connectivity index (χ1v) is 5.62. The maximum absolute atomic E-state index is 11.7. The Hall–Kier alpha value is -1.14. The molecule has 0 saturated heterocycles. The Bertz CT molecular complexity index is 254.